The van der Waals surface area contributed by atoms with Gasteiger partial charge < -0.3 is 4.52 Å². The molecule has 0 radical (unpaired) electrons. The second-order valence-corrected chi connectivity index (χ2v) is 7.29. The molecule has 0 spiro atoms. The Morgan fingerprint density at radius 2 is 1.88 bits per heavy atom. The van der Waals surface area contributed by atoms with E-state index in [0.717, 1.165) is 17.1 Å². The topological polar surface area (TPSA) is 82.1 Å². The number of benzene rings is 2. The van der Waals surface area contributed by atoms with Crippen LogP contribution in [0.4, 0.5) is 5.69 Å². The second-order valence-electron chi connectivity index (χ2n) is 5.37. The molecule has 2 aromatic carbocycles. The first-order chi connectivity index (χ1) is 12.5. The van der Waals surface area contributed by atoms with Crippen LogP contribution in [0.15, 0.2) is 47.0 Å². The lowest BCUT2D eigenvalue weighted by atomic mass is 10.2. The van der Waals surface area contributed by atoms with E-state index in [1.54, 1.807) is 30.0 Å². The molecule has 0 aliphatic carbocycles. The third-order valence-electron chi connectivity index (χ3n) is 3.52. The normalized spacial score (nSPS) is 10.8. The summed E-state index contributed by atoms with van der Waals surface area (Å²) in [5.41, 5.74) is 1.80. The lowest BCUT2D eigenvalue weighted by molar-refractivity contribution is -0.384. The monoisotopic (exact) mass is 409 g/mol. The number of nitrogens with zero attached hydrogens (tertiary/aromatic N) is 3. The van der Waals surface area contributed by atoms with Crippen LogP contribution in [-0.2, 0) is 12.2 Å². The Bertz CT molecular complexity index is 916. The highest BCUT2D eigenvalue weighted by molar-refractivity contribution is 7.98. The second kappa shape index (κ2) is 8.53. The van der Waals surface area contributed by atoms with Crippen molar-refractivity contribution in [1.29, 1.82) is 0 Å². The summed E-state index contributed by atoms with van der Waals surface area (Å²) in [5, 5.41) is 15.7. The molecule has 6 nitrogen and oxygen atoms in total. The Morgan fingerprint density at radius 1 is 1.12 bits per heavy atom. The van der Waals surface area contributed by atoms with E-state index in [4.69, 9.17) is 27.7 Å². The summed E-state index contributed by atoms with van der Waals surface area (Å²) >= 11 is 13.6. The van der Waals surface area contributed by atoms with Gasteiger partial charge in [-0.3, -0.25) is 10.1 Å². The Labute approximate surface area is 163 Å². The summed E-state index contributed by atoms with van der Waals surface area (Å²) in [6, 6.07) is 11.6. The Morgan fingerprint density at radius 3 is 2.58 bits per heavy atom. The highest BCUT2D eigenvalue weighted by Gasteiger charge is 2.11. The molecule has 0 bridgehead atoms. The smallest absolute Gasteiger partial charge is 0.269 e. The molecule has 0 atom stereocenters. The number of rotatable bonds is 7. The predicted octanol–water partition coefficient (Wildman–Crippen LogP) is 5.43. The maximum absolute atomic E-state index is 10.7. The minimum absolute atomic E-state index is 0.0242. The average molecular weight is 410 g/mol. The minimum atomic E-state index is -0.448. The lowest BCUT2D eigenvalue weighted by Crippen LogP contribution is -1.91. The molecule has 0 aliphatic rings. The maximum Gasteiger partial charge on any atom is 0.269 e. The number of hydrogen-bond acceptors (Lipinski definition) is 6. The number of nitro benzene ring substituents is 1. The van der Waals surface area contributed by atoms with Crippen LogP contribution in [-0.4, -0.2) is 20.8 Å². The first-order valence-corrected chi connectivity index (χ1v) is 9.53. The molecule has 0 N–H and O–H groups in total. The van der Waals surface area contributed by atoms with Crippen molar-refractivity contribution in [3.8, 4) is 11.4 Å². The first kappa shape index (κ1) is 18.7. The highest BCUT2D eigenvalue weighted by Crippen LogP contribution is 2.25. The number of aryl methyl sites for hydroxylation is 1. The zero-order valence-electron chi connectivity index (χ0n) is 13.4. The average Bonchev–Trinajstić information content (AvgIpc) is 3.11. The molecule has 1 aromatic heterocycles. The SMILES string of the molecule is O=[N+]([O-])c1ccc(-c2noc(CCSCc3ccc(Cl)c(Cl)c3)n2)cc1. The van der Waals surface area contributed by atoms with Crippen LogP contribution in [0.3, 0.4) is 0 Å². The van der Waals surface area contributed by atoms with Gasteiger partial charge in [-0.1, -0.05) is 34.4 Å². The van der Waals surface area contributed by atoms with Gasteiger partial charge >= 0.3 is 0 Å². The van der Waals surface area contributed by atoms with Gasteiger partial charge in [-0.05, 0) is 29.8 Å². The fourth-order valence-electron chi connectivity index (χ4n) is 2.18. The molecular weight excluding hydrogens is 397 g/mol. The van der Waals surface area contributed by atoms with Crippen molar-refractivity contribution in [1.82, 2.24) is 10.1 Å². The molecule has 0 saturated heterocycles. The molecule has 3 rings (SSSR count). The third kappa shape index (κ3) is 4.75. The van der Waals surface area contributed by atoms with Crippen LogP contribution in [0.5, 0.6) is 0 Å². The van der Waals surface area contributed by atoms with E-state index in [1.165, 1.54) is 12.1 Å². The van der Waals surface area contributed by atoms with Crippen molar-refractivity contribution in [2.24, 2.45) is 0 Å². The summed E-state index contributed by atoms with van der Waals surface area (Å²) < 4.78 is 5.24. The Balaban J connectivity index is 1.52. The third-order valence-corrected chi connectivity index (χ3v) is 5.29. The summed E-state index contributed by atoms with van der Waals surface area (Å²) in [5.74, 6) is 2.56. The standard InChI is InChI=1S/C17H13Cl2N3O3S/c18-14-6-1-11(9-15(14)19)10-26-8-7-16-20-17(21-25-16)12-2-4-13(5-3-12)22(23)24/h1-6,9H,7-8,10H2. The highest BCUT2D eigenvalue weighted by atomic mass is 35.5. The van der Waals surface area contributed by atoms with Gasteiger partial charge in [0.1, 0.15) is 0 Å². The number of halogens is 2. The van der Waals surface area contributed by atoms with E-state index in [9.17, 15) is 10.1 Å². The van der Waals surface area contributed by atoms with Crippen LogP contribution in [0.2, 0.25) is 10.0 Å². The quantitative estimate of drug-likeness (QED) is 0.294. The molecule has 0 amide bonds. The van der Waals surface area contributed by atoms with E-state index >= 15 is 0 Å². The van der Waals surface area contributed by atoms with E-state index in [2.05, 4.69) is 10.1 Å². The van der Waals surface area contributed by atoms with Gasteiger partial charge in [-0.2, -0.15) is 16.7 Å². The molecule has 0 saturated carbocycles. The fourth-order valence-corrected chi connectivity index (χ4v) is 3.38. The molecule has 26 heavy (non-hydrogen) atoms. The lowest BCUT2D eigenvalue weighted by Gasteiger charge is -2.02. The van der Waals surface area contributed by atoms with E-state index in [1.807, 2.05) is 12.1 Å². The van der Waals surface area contributed by atoms with Gasteiger partial charge in [-0.25, -0.2) is 0 Å². The summed E-state index contributed by atoms with van der Waals surface area (Å²) in [6.45, 7) is 0. The van der Waals surface area contributed by atoms with Gasteiger partial charge in [0.15, 0.2) is 0 Å². The largest absolute Gasteiger partial charge is 0.339 e. The van der Waals surface area contributed by atoms with Crippen molar-refractivity contribution >= 4 is 40.7 Å². The maximum atomic E-state index is 10.7. The molecule has 134 valence electrons. The molecule has 0 aliphatic heterocycles. The van der Waals surface area contributed by atoms with Crippen molar-refractivity contribution in [2.45, 2.75) is 12.2 Å². The number of non-ortho nitro benzene ring substituents is 1. The number of aromatic nitrogens is 2. The van der Waals surface area contributed by atoms with E-state index in [-0.39, 0.29) is 5.69 Å². The zero-order chi connectivity index (χ0) is 18.5. The summed E-state index contributed by atoms with van der Waals surface area (Å²) in [6.07, 6.45) is 0.631. The Hall–Kier alpha value is -2.09. The number of nitro groups is 1. The fraction of sp³-hybridized carbons (Fsp3) is 0.176. The van der Waals surface area contributed by atoms with Crippen molar-refractivity contribution in [2.75, 3.05) is 5.75 Å². The molecule has 3 aromatic rings. The zero-order valence-corrected chi connectivity index (χ0v) is 15.7. The van der Waals surface area contributed by atoms with E-state index in [0.29, 0.717) is 33.7 Å². The molecule has 0 unspecified atom stereocenters. The molecule has 9 heteroatoms. The van der Waals surface area contributed by atoms with Crippen molar-refractivity contribution in [3.05, 3.63) is 74.1 Å². The Kier molecular flexibility index (Phi) is 6.13. The number of thioether (sulfide) groups is 1. The molecule has 1 heterocycles. The number of hydrogen-bond donors (Lipinski definition) is 0. The van der Waals surface area contributed by atoms with Crippen molar-refractivity contribution in [3.63, 3.8) is 0 Å². The summed E-state index contributed by atoms with van der Waals surface area (Å²) in [7, 11) is 0. The summed E-state index contributed by atoms with van der Waals surface area (Å²) in [4.78, 5) is 14.6. The van der Waals surface area contributed by atoms with E-state index < -0.39 is 4.92 Å². The van der Waals surface area contributed by atoms with Gasteiger partial charge in [0, 0.05) is 35.6 Å². The predicted molar refractivity (Wildman–Crippen MR) is 103 cm³/mol. The van der Waals surface area contributed by atoms with Crippen LogP contribution >= 0.6 is 35.0 Å². The van der Waals surface area contributed by atoms with Gasteiger partial charge in [-0.15, -0.1) is 0 Å². The first-order valence-electron chi connectivity index (χ1n) is 7.62. The van der Waals surface area contributed by atoms with Gasteiger partial charge in [0.2, 0.25) is 11.7 Å². The van der Waals surface area contributed by atoms with Crippen LogP contribution in [0.25, 0.3) is 11.4 Å². The molecular formula is C17H13Cl2N3O3S. The van der Waals surface area contributed by atoms with Crippen LogP contribution in [0.1, 0.15) is 11.5 Å². The minimum Gasteiger partial charge on any atom is -0.339 e. The van der Waals surface area contributed by atoms with Gasteiger partial charge in [0.05, 0.1) is 15.0 Å². The van der Waals surface area contributed by atoms with Crippen molar-refractivity contribution < 1.29 is 9.45 Å². The van der Waals surface area contributed by atoms with Crippen LogP contribution in [0, 0.1) is 10.1 Å². The molecule has 0 fully saturated rings. The van der Waals surface area contributed by atoms with Crippen LogP contribution < -0.4 is 0 Å². The van der Waals surface area contributed by atoms with Gasteiger partial charge in [0.25, 0.3) is 5.69 Å².